The van der Waals surface area contributed by atoms with Gasteiger partial charge in [-0.15, -0.1) is 0 Å². The molecule has 15 aromatic carbocycles. The smallest absolute Gasteiger partial charge is 0.252 e. The largest absolute Gasteiger partial charge is 0.310 e. The molecule has 2 aliphatic heterocycles. The maximum Gasteiger partial charge on any atom is 0.252 e. The van der Waals surface area contributed by atoms with Crippen LogP contribution in [0.15, 0.2) is 340 Å². The minimum Gasteiger partial charge on any atom is -0.310 e. The van der Waals surface area contributed by atoms with Crippen LogP contribution in [-0.2, 0) is 10.8 Å². The second-order valence-electron chi connectivity index (χ2n) is 30.5. The van der Waals surface area contributed by atoms with E-state index in [2.05, 4.69) is 409 Å². The second-order valence-corrected chi connectivity index (χ2v) is 30.5. The summed E-state index contributed by atoms with van der Waals surface area (Å²) in [6.07, 6.45) is 0. The van der Waals surface area contributed by atoms with Crippen LogP contribution in [-0.4, -0.2) is 11.3 Å². The van der Waals surface area contributed by atoms with E-state index >= 15 is 0 Å². The summed E-state index contributed by atoms with van der Waals surface area (Å²) < 4.78 is 2.58. The predicted octanol–water partition coefficient (Wildman–Crippen LogP) is 25.4. The van der Waals surface area contributed by atoms with Gasteiger partial charge in [-0.25, -0.2) is 0 Å². The van der Waals surface area contributed by atoms with Gasteiger partial charge in [0, 0.05) is 55.8 Å². The number of aryl methyl sites for hydroxylation is 2. The maximum atomic E-state index is 2.74. The van der Waals surface area contributed by atoms with Crippen molar-refractivity contribution >= 4 is 79.0 Å². The second kappa shape index (κ2) is 25.4. The molecule has 1 aromatic heterocycles. The Morgan fingerprint density at radius 3 is 0.846 bits per heavy atom. The number of hydrogen-bond acceptors (Lipinski definition) is 2. The van der Waals surface area contributed by atoms with Gasteiger partial charge < -0.3 is 14.4 Å². The molecule has 0 atom stereocenters. The average molecular weight is 1330 g/mol. The van der Waals surface area contributed by atoms with E-state index in [1.807, 2.05) is 0 Å². The molecule has 104 heavy (non-hydrogen) atoms. The van der Waals surface area contributed by atoms with Crippen molar-refractivity contribution < 1.29 is 0 Å². The minimum atomic E-state index is -0.231. The van der Waals surface area contributed by atoms with E-state index in [4.69, 9.17) is 0 Å². The molecule has 0 saturated heterocycles. The van der Waals surface area contributed by atoms with Crippen molar-refractivity contribution in [3.8, 4) is 94.7 Å². The maximum absolute atomic E-state index is 2.74. The van der Waals surface area contributed by atoms with Crippen LogP contribution in [0.3, 0.4) is 0 Å². The van der Waals surface area contributed by atoms with Crippen molar-refractivity contribution in [2.45, 2.75) is 66.2 Å². The van der Waals surface area contributed by atoms with E-state index in [0.717, 1.165) is 118 Å². The van der Waals surface area contributed by atoms with Crippen LogP contribution in [0.5, 0.6) is 0 Å². The molecule has 0 aliphatic carbocycles. The Kier molecular flexibility index (Phi) is 15.6. The number of rotatable bonds is 11. The highest BCUT2D eigenvalue weighted by molar-refractivity contribution is 7.00. The SMILES string of the molecule is Cc1ccc2c(c1)c1cc(C)ccc1n2-c1cc2c3c(c1)N(c1c(-c4ccccc4-c4ccccc4)cccc1-c1ccccc1-c1ccccc1)c1cc(C(C)(C)C)ccc1B3c1ccc(C(C)(C)C)cc1N2c1c(-c2ccccc2-c2ccccc2)cccc1-c1ccccc1-c1ccccc1. The molecule has 16 aromatic rings. The number of nitrogens with zero attached hydrogens (tertiary/aromatic N) is 3. The van der Waals surface area contributed by atoms with Gasteiger partial charge in [0.15, 0.2) is 0 Å². The van der Waals surface area contributed by atoms with E-state index in [0.29, 0.717) is 0 Å². The Hall–Kier alpha value is -12.2. The predicted molar refractivity (Wildman–Crippen MR) is 445 cm³/mol. The number of aromatic nitrogens is 1. The number of benzene rings is 15. The highest BCUT2D eigenvalue weighted by Crippen LogP contribution is 2.57. The molecule has 3 nitrogen and oxygen atoms in total. The van der Waals surface area contributed by atoms with Gasteiger partial charge in [0.1, 0.15) is 0 Å². The number of hydrogen-bond donors (Lipinski definition) is 0. The minimum absolute atomic E-state index is 0.218. The number of anilines is 6. The lowest BCUT2D eigenvalue weighted by Gasteiger charge is -2.46. The van der Waals surface area contributed by atoms with Crippen LogP contribution < -0.4 is 26.2 Å². The summed E-state index contributed by atoms with van der Waals surface area (Å²) in [7, 11) is 0. The number of para-hydroxylation sites is 2. The lowest BCUT2D eigenvalue weighted by molar-refractivity contribution is 0.590. The van der Waals surface area contributed by atoms with Gasteiger partial charge in [-0.1, -0.05) is 344 Å². The van der Waals surface area contributed by atoms with Gasteiger partial charge in [-0.05, 0) is 167 Å². The summed E-state index contributed by atoms with van der Waals surface area (Å²) in [4.78, 5) is 5.49. The fraction of sp³-hybridized carbons (Fsp3) is 0.100. The van der Waals surface area contributed by atoms with Crippen LogP contribution in [0.25, 0.3) is 117 Å². The fourth-order valence-electron chi connectivity index (χ4n) is 16.8. The summed E-state index contributed by atoms with van der Waals surface area (Å²) in [6.45, 7) is 18.4. The lowest BCUT2D eigenvalue weighted by Crippen LogP contribution is -2.61. The molecule has 0 radical (unpaired) electrons. The molecule has 0 saturated carbocycles. The summed E-state index contributed by atoms with van der Waals surface area (Å²) >= 11 is 0. The Balaban J connectivity index is 1.06. The standard InChI is InChI=1S/C100H80BN3/c1-65-51-57-90-86(59-65)87-60-66(2)52-58-91(87)102(90)73-63-94-96-95(64-73)104(98-84(80-45-27-23-41-76(80)69-35-17-11-18-36-69)49-30-50-85(98)81-46-28-24-42-77(81)70-37-19-12-20-38-70)93-62-72(100(6,7)8)54-56-89(93)101(96)88-55-53-71(99(3,4)5)61-92(88)103(94)97-82(78-43-25-21-39-74(78)67-31-13-9-14-32-67)47-29-48-83(97)79-44-26-22-40-75(79)68-33-15-10-16-34-68/h9-64H,1-8H3. The normalized spacial score (nSPS) is 12.6. The Bertz CT molecular complexity index is 5470. The summed E-state index contributed by atoms with van der Waals surface area (Å²) in [5, 5.41) is 2.46. The van der Waals surface area contributed by atoms with Crippen molar-refractivity contribution in [2.24, 2.45) is 0 Å². The zero-order chi connectivity index (χ0) is 70.5. The van der Waals surface area contributed by atoms with Gasteiger partial charge in [0.25, 0.3) is 6.71 Å². The summed E-state index contributed by atoms with van der Waals surface area (Å²) in [5.41, 5.74) is 36.8. The first-order valence-corrected chi connectivity index (χ1v) is 36.7. The first kappa shape index (κ1) is 63.9. The van der Waals surface area contributed by atoms with E-state index in [1.165, 1.54) is 71.7 Å². The van der Waals surface area contributed by atoms with Crippen molar-refractivity contribution in [3.63, 3.8) is 0 Å². The molecule has 0 bridgehead atoms. The molecule has 0 fully saturated rings. The van der Waals surface area contributed by atoms with Crippen molar-refractivity contribution in [3.05, 3.63) is 362 Å². The fourth-order valence-corrected chi connectivity index (χ4v) is 16.8. The van der Waals surface area contributed by atoms with Crippen LogP contribution in [0, 0.1) is 13.8 Å². The third-order valence-electron chi connectivity index (χ3n) is 21.8. The van der Waals surface area contributed by atoms with Gasteiger partial charge in [0.2, 0.25) is 0 Å². The highest BCUT2D eigenvalue weighted by Gasteiger charge is 2.47. The molecule has 3 heterocycles. The highest BCUT2D eigenvalue weighted by atomic mass is 15.2. The van der Waals surface area contributed by atoms with Gasteiger partial charge in [-0.2, -0.15) is 0 Å². The number of fused-ring (bicyclic) bond motifs is 7. The van der Waals surface area contributed by atoms with Gasteiger partial charge in [-0.3, -0.25) is 0 Å². The lowest BCUT2D eigenvalue weighted by atomic mass is 9.33. The van der Waals surface area contributed by atoms with Crippen LogP contribution >= 0.6 is 0 Å². The van der Waals surface area contributed by atoms with Crippen LogP contribution in [0.2, 0.25) is 0 Å². The topological polar surface area (TPSA) is 11.4 Å². The molecule has 0 spiro atoms. The summed E-state index contributed by atoms with van der Waals surface area (Å²) in [5.74, 6) is 0. The molecule has 0 N–H and O–H groups in total. The molecule has 0 unspecified atom stereocenters. The monoisotopic (exact) mass is 1330 g/mol. The van der Waals surface area contributed by atoms with E-state index in [1.54, 1.807) is 0 Å². The molecule has 498 valence electrons. The Labute approximate surface area is 612 Å². The molecular weight excluding hydrogens is 1250 g/mol. The van der Waals surface area contributed by atoms with E-state index in [-0.39, 0.29) is 17.5 Å². The first-order chi connectivity index (χ1) is 50.7. The average Bonchev–Trinajstić information content (AvgIpc) is 0.753. The molecular formula is C100H80BN3. The van der Waals surface area contributed by atoms with Gasteiger partial charge >= 0.3 is 0 Å². The third-order valence-corrected chi connectivity index (χ3v) is 21.8. The zero-order valence-corrected chi connectivity index (χ0v) is 60.3. The third kappa shape index (κ3) is 10.8. The molecule has 18 rings (SSSR count). The first-order valence-electron chi connectivity index (χ1n) is 36.7. The van der Waals surface area contributed by atoms with E-state index < -0.39 is 0 Å². The van der Waals surface area contributed by atoms with E-state index in [9.17, 15) is 0 Å². The van der Waals surface area contributed by atoms with Crippen LogP contribution in [0.4, 0.5) is 34.1 Å². The van der Waals surface area contributed by atoms with Gasteiger partial charge in [0.05, 0.1) is 28.1 Å². The zero-order valence-electron chi connectivity index (χ0n) is 60.3. The molecule has 4 heteroatoms. The van der Waals surface area contributed by atoms with Crippen molar-refractivity contribution in [2.75, 3.05) is 9.80 Å². The Morgan fingerprint density at radius 2 is 0.538 bits per heavy atom. The molecule has 0 amide bonds. The summed E-state index contributed by atoms with van der Waals surface area (Å²) in [6, 6.07) is 129. The quantitative estimate of drug-likeness (QED) is 0.120. The van der Waals surface area contributed by atoms with Crippen molar-refractivity contribution in [1.29, 1.82) is 0 Å². The Morgan fingerprint density at radius 1 is 0.250 bits per heavy atom. The van der Waals surface area contributed by atoms with Crippen LogP contribution in [0.1, 0.15) is 63.8 Å². The van der Waals surface area contributed by atoms with Crippen molar-refractivity contribution in [1.82, 2.24) is 4.57 Å². The molecule has 2 aliphatic rings.